The van der Waals surface area contributed by atoms with Gasteiger partial charge in [0.2, 0.25) is 17.7 Å². The van der Waals surface area contributed by atoms with Crippen molar-refractivity contribution in [1.82, 2.24) is 14.7 Å². The molecule has 0 aromatic heterocycles. The molecule has 0 aliphatic carbocycles. The van der Waals surface area contributed by atoms with E-state index in [-0.39, 0.29) is 30.2 Å². The lowest BCUT2D eigenvalue weighted by Crippen LogP contribution is -2.60. The van der Waals surface area contributed by atoms with E-state index in [0.29, 0.717) is 39.0 Å². The molecule has 1 N–H and O–H groups in total. The summed E-state index contributed by atoms with van der Waals surface area (Å²) in [5.41, 5.74) is -1.92. The topological polar surface area (TPSA) is 90.4 Å². The lowest BCUT2D eigenvalue weighted by Gasteiger charge is -2.41. The Labute approximate surface area is 229 Å². The van der Waals surface area contributed by atoms with Crippen molar-refractivity contribution in [2.75, 3.05) is 32.8 Å². The third-order valence-corrected chi connectivity index (χ3v) is 9.16. The van der Waals surface area contributed by atoms with Crippen molar-refractivity contribution in [1.29, 1.82) is 0 Å². The number of hydrogen-bond acceptors (Lipinski definition) is 5. The van der Waals surface area contributed by atoms with Crippen LogP contribution in [0.4, 0.5) is 0 Å². The van der Waals surface area contributed by atoms with Gasteiger partial charge in [-0.05, 0) is 38.5 Å². The van der Waals surface area contributed by atoms with Crippen molar-refractivity contribution in [3.63, 3.8) is 0 Å². The molecular formula is C30H49N3O5. The van der Waals surface area contributed by atoms with Gasteiger partial charge in [-0.25, -0.2) is 0 Å². The first-order valence-electron chi connectivity index (χ1n) is 14.5. The molecule has 3 rings (SSSR count). The SMILES string of the molecule is C=CCN(CCCC)C(=O)C1N([C@@H](CO)[C@@H](C)CC)C(=O)[C@@H]2[C@@H](C(=O)N(CC=C)CCC)[C@@]3(C)CCC12O3. The summed E-state index contributed by atoms with van der Waals surface area (Å²) in [4.78, 5) is 48.0. The summed E-state index contributed by atoms with van der Waals surface area (Å²) in [6, 6.07) is -1.43. The van der Waals surface area contributed by atoms with E-state index in [1.165, 1.54) is 0 Å². The summed E-state index contributed by atoms with van der Waals surface area (Å²) >= 11 is 0. The number of rotatable bonds is 15. The summed E-state index contributed by atoms with van der Waals surface area (Å²) in [6.07, 6.45) is 7.83. The second-order valence-corrected chi connectivity index (χ2v) is 11.6. The molecule has 3 heterocycles. The molecule has 3 aliphatic rings. The van der Waals surface area contributed by atoms with E-state index in [2.05, 4.69) is 20.1 Å². The first-order valence-corrected chi connectivity index (χ1v) is 14.5. The molecule has 214 valence electrons. The number of carbonyl (C=O) groups excluding carboxylic acids is 3. The van der Waals surface area contributed by atoms with E-state index in [0.717, 1.165) is 25.7 Å². The normalized spacial score (nSPS) is 31.2. The van der Waals surface area contributed by atoms with Crippen LogP contribution in [0, 0.1) is 17.8 Å². The maximum absolute atomic E-state index is 14.5. The quantitative estimate of drug-likeness (QED) is 0.327. The molecule has 3 amide bonds. The summed E-state index contributed by atoms with van der Waals surface area (Å²) in [5.74, 6) is -2.01. The van der Waals surface area contributed by atoms with Crippen LogP contribution in [0.2, 0.25) is 0 Å². The number of carbonyl (C=O) groups is 3. The van der Waals surface area contributed by atoms with Gasteiger partial charge in [-0.15, -0.1) is 13.2 Å². The highest BCUT2D eigenvalue weighted by Gasteiger charge is 2.79. The van der Waals surface area contributed by atoms with Gasteiger partial charge in [0.05, 0.1) is 30.1 Å². The minimum absolute atomic E-state index is 0.0303. The van der Waals surface area contributed by atoms with Gasteiger partial charge < -0.3 is 24.5 Å². The number of nitrogens with zero attached hydrogens (tertiary/aromatic N) is 3. The molecule has 0 aromatic carbocycles. The van der Waals surface area contributed by atoms with Crippen molar-refractivity contribution in [3.8, 4) is 0 Å². The van der Waals surface area contributed by atoms with Crippen LogP contribution in [0.15, 0.2) is 25.3 Å². The molecule has 0 saturated carbocycles. The van der Waals surface area contributed by atoms with E-state index in [1.807, 2.05) is 27.7 Å². The predicted molar refractivity (Wildman–Crippen MR) is 148 cm³/mol. The molecule has 0 radical (unpaired) electrons. The third-order valence-electron chi connectivity index (χ3n) is 9.16. The molecule has 2 unspecified atom stereocenters. The minimum Gasteiger partial charge on any atom is -0.394 e. The Morgan fingerprint density at radius 3 is 2.26 bits per heavy atom. The monoisotopic (exact) mass is 531 g/mol. The van der Waals surface area contributed by atoms with Crippen LogP contribution >= 0.6 is 0 Å². The summed E-state index contributed by atoms with van der Waals surface area (Å²) in [5, 5.41) is 10.5. The fraction of sp³-hybridized carbons (Fsp3) is 0.767. The number of hydrogen-bond donors (Lipinski definition) is 1. The standard InChI is InChI=1S/C30H49N3O5/c1-8-13-19-32(18-11-4)28(37)25-30-15-14-29(7,38-30)23(26(35)31(16-9-2)17-10-3)24(30)27(36)33(25)22(20-34)21(6)12-5/h9,11,21-25,34H,2,4,8,10,12-20H2,1,3,5-7H3/t21-,22-,23-,24-,25?,29+,30?/m0/s1. The van der Waals surface area contributed by atoms with E-state index < -0.39 is 35.1 Å². The molecule has 3 aliphatic heterocycles. The van der Waals surface area contributed by atoms with Gasteiger partial charge in [0, 0.05) is 26.2 Å². The van der Waals surface area contributed by atoms with Gasteiger partial charge in [0.25, 0.3) is 0 Å². The van der Waals surface area contributed by atoms with Crippen molar-refractivity contribution in [3.05, 3.63) is 25.3 Å². The first kappa shape index (κ1) is 30.4. The number of likely N-dealkylation sites (tertiary alicyclic amines) is 1. The zero-order chi connectivity index (χ0) is 28.3. The van der Waals surface area contributed by atoms with Crippen molar-refractivity contribution in [2.45, 2.75) is 96.4 Å². The van der Waals surface area contributed by atoms with Crippen LogP contribution in [0.25, 0.3) is 0 Å². The maximum Gasteiger partial charge on any atom is 0.248 e. The average molecular weight is 532 g/mol. The van der Waals surface area contributed by atoms with E-state index >= 15 is 0 Å². The molecule has 38 heavy (non-hydrogen) atoms. The number of aliphatic hydroxyl groups excluding tert-OH is 1. The third kappa shape index (κ3) is 4.94. The van der Waals surface area contributed by atoms with Gasteiger partial charge in [-0.2, -0.15) is 0 Å². The summed E-state index contributed by atoms with van der Waals surface area (Å²) in [7, 11) is 0. The van der Waals surface area contributed by atoms with Gasteiger partial charge >= 0.3 is 0 Å². The molecule has 2 bridgehead atoms. The fourth-order valence-electron chi connectivity index (χ4n) is 7.07. The summed E-state index contributed by atoms with van der Waals surface area (Å²) in [6.45, 7) is 19.3. The largest absolute Gasteiger partial charge is 0.394 e. The van der Waals surface area contributed by atoms with Crippen LogP contribution < -0.4 is 0 Å². The van der Waals surface area contributed by atoms with Crippen LogP contribution in [-0.4, -0.2) is 93.6 Å². The van der Waals surface area contributed by atoms with E-state index in [1.54, 1.807) is 26.9 Å². The highest BCUT2D eigenvalue weighted by molar-refractivity contribution is 5.99. The Morgan fingerprint density at radius 2 is 1.74 bits per heavy atom. The van der Waals surface area contributed by atoms with Crippen LogP contribution in [0.5, 0.6) is 0 Å². The van der Waals surface area contributed by atoms with E-state index in [9.17, 15) is 19.5 Å². The Hall–Kier alpha value is -2.19. The number of aliphatic hydroxyl groups is 1. The fourth-order valence-corrected chi connectivity index (χ4v) is 7.07. The van der Waals surface area contributed by atoms with Gasteiger partial charge in [0.1, 0.15) is 11.6 Å². The van der Waals surface area contributed by atoms with Gasteiger partial charge in [-0.1, -0.05) is 52.7 Å². The highest BCUT2D eigenvalue weighted by atomic mass is 16.5. The smallest absolute Gasteiger partial charge is 0.248 e. The zero-order valence-corrected chi connectivity index (χ0v) is 24.2. The molecule has 1 spiro atoms. The maximum atomic E-state index is 14.5. The van der Waals surface area contributed by atoms with Crippen LogP contribution in [-0.2, 0) is 19.1 Å². The first-order chi connectivity index (χ1) is 18.1. The Kier molecular flexibility index (Phi) is 9.85. The Bertz CT molecular complexity index is 908. The van der Waals surface area contributed by atoms with Gasteiger partial charge in [0.15, 0.2) is 0 Å². The Morgan fingerprint density at radius 1 is 1.11 bits per heavy atom. The van der Waals surface area contributed by atoms with Gasteiger partial charge in [-0.3, -0.25) is 14.4 Å². The number of unbranched alkanes of at least 4 members (excludes halogenated alkanes) is 1. The van der Waals surface area contributed by atoms with Crippen molar-refractivity contribution in [2.24, 2.45) is 17.8 Å². The zero-order valence-electron chi connectivity index (χ0n) is 24.2. The number of amides is 3. The lowest BCUT2D eigenvalue weighted by molar-refractivity contribution is -0.157. The molecule has 7 atom stereocenters. The number of ether oxygens (including phenoxy) is 1. The lowest BCUT2D eigenvalue weighted by atomic mass is 9.66. The summed E-state index contributed by atoms with van der Waals surface area (Å²) < 4.78 is 6.80. The molecule has 0 aromatic rings. The highest BCUT2D eigenvalue weighted by Crippen LogP contribution is 2.64. The van der Waals surface area contributed by atoms with Crippen LogP contribution in [0.3, 0.4) is 0 Å². The average Bonchev–Trinajstić information content (AvgIpc) is 3.47. The second-order valence-electron chi connectivity index (χ2n) is 11.6. The van der Waals surface area contributed by atoms with Crippen LogP contribution in [0.1, 0.15) is 73.1 Å². The predicted octanol–water partition coefficient (Wildman–Crippen LogP) is 3.40. The molecule has 3 saturated heterocycles. The molecule has 8 nitrogen and oxygen atoms in total. The number of fused-ring (bicyclic) bond motifs is 1. The molecular weight excluding hydrogens is 482 g/mol. The minimum atomic E-state index is -1.10. The van der Waals surface area contributed by atoms with Crippen molar-refractivity contribution >= 4 is 17.7 Å². The second kappa shape index (κ2) is 12.3. The van der Waals surface area contributed by atoms with Crippen molar-refractivity contribution < 1.29 is 24.2 Å². The molecule has 8 heteroatoms. The molecule has 3 fully saturated rings. The Balaban J connectivity index is 2.15. The van der Waals surface area contributed by atoms with E-state index in [4.69, 9.17) is 4.74 Å².